The third-order valence-corrected chi connectivity index (χ3v) is 6.16. The maximum Gasteiger partial charge on any atom is 0.415 e. The average molecular weight is 476 g/mol. The smallest absolute Gasteiger partial charge is 0.415 e. The van der Waals surface area contributed by atoms with Gasteiger partial charge in [0, 0.05) is 25.5 Å². The van der Waals surface area contributed by atoms with Gasteiger partial charge in [-0.2, -0.15) is 4.73 Å². The Labute approximate surface area is 197 Å². The number of nitro groups is 1. The van der Waals surface area contributed by atoms with Crippen LogP contribution in [-0.4, -0.2) is 36.4 Å². The van der Waals surface area contributed by atoms with Gasteiger partial charge in [0.05, 0.1) is 11.0 Å². The van der Waals surface area contributed by atoms with E-state index in [-0.39, 0.29) is 28.9 Å². The first-order valence-electron chi connectivity index (χ1n) is 10.8. The summed E-state index contributed by atoms with van der Waals surface area (Å²) in [7, 11) is 0. The second kappa shape index (κ2) is 10.8. The number of rotatable bonds is 7. The molecule has 0 bridgehead atoms. The number of benzene rings is 1. The van der Waals surface area contributed by atoms with E-state index in [1.54, 1.807) is 20.8 Å². The number of carbonyl (C=O) groups is 1. The Bertz CT molecular complexity index is 974. The lowest BCUT2D eigenvalue weighted by atomic mass is 9.99. The maximum absolute atomic E-state index is 13.0. The molecule has 1 saturated heterocycles. The highest BCUT2D eigenvalue weighted by molar-refractivity contribution is 7.98. The molecule has 0 spiro atoms. The largest absolute Gasteiger partial charge is 0.618 e. The summed E-state index contributed by atoms with van der Waals surface area (Å²) < 4.78 is 11.5. The Hall–Kier alpha value is -2.85. The third-order valence-electron chi connectivity index (χ3n) is 5.09. The first kappa shape index (κ1) is 24.8. The van der Waals surface area contributed by atoms with Gasteiger partial charge in [0.2, 0.25) is 6.20 Å². The van der Waals surface area contributed by atoms with Gasteiger partial charge in [-0.25, -0.2) is 4.79 Å². The molecule has 0 atom stereocenters. The lowest BCUT2D eigenvalue weighted by Gasteiger charge is -2.31. The summed E-state index contributed by atoms with van der Waals surface area (Å²) in [5.41, 5.74) is -0.182. The van der Waals surface area contributed by atoms with Crippen molar-refractivity contribution in [2.75, 3.05) is 24.7 Å². The number of thioether (sulfide) groups is 1. The van der Waals surface area contributed by atoms with Gasteiger partial charge in [-0.3, -0.25) is 15.0 Å². The Morgan fingerprint density at radius 2 is 1.94 bits per heavy atom. The van der Waals surface area contributed by atoms with Gasteiger partial charge in [-0.15, -0.1) is 0 Å². The lowest BCUT2D eigenvalue weighted by molar-refractivity contribution is -0.645. The molecule has 2 aromatic rings. The summed E-state index contributed by atoms with van der Waals surface area (Å²) in [6.45, 7) is 6.50. The number of pyridine rings is 1. The summed E-state index contributed by atoms with van der Waals surface area (Å²) in [5.74, 6) is 0.565. The van der Waals surface area contributed by atoms with Crippen molar-refractivity contribution >= 4 is 29.2 Å². The average Bonchev–Trinajstić information content (AvgIpc) is 2.76. The van der Waals surface area contributed by atoms with E-state index in [0.29, 0.717) is 23.7 Å². The van der Waals surface area contributed by atoms with Crippen LogP contribution in [0, 0.1) is 21.2 Å². The Kier molecular flexibility index (Phi) is 8.15. The van der Waals surface area contributed by atoms with E-state index in [2.05, 4.69) is 0 Å². The first-order chi connectivity index (χ1) is 15.6. The van der Waals surface area contributed by atoms with E-state index in [0.717, 1.165) is 24.6 Å². The molecule has 1 aromatic heterocycles. The predicted octanol–water partition coefficient (Wildman–Crippen LogP) is 4.69. The molecule has 0 aliphatic carbocycles. The number of ether oxygens (including phenoxy) is 2. The van der Waals surface area contributed by atoms with E-state index in [9.17, 15) is 20.1 Å². The van der Waals surface area contributed by atoms with E-state index in [4.69, 9.17) is 9.47 Å². The normalized spacial score (nSPS) is 14.6. The molecule has 10 heteroatoms. The monoisotopic (exact) mass is 475 g/mol. The number of anilines is 1. The van der Waals surface area contributed by atoms with Gasteiger partial charge in [0.15, 0.2) is 5.69 Å². The van der Waals surface area contributed by atoms with Gasteiger partial charge < -0.3 is 14.7 Å². The standard InChI is InChI=1S/C23H29N3O6S/c1-23(2,3)32-22(27)24(14-17-9-11-31-12-10-17)20-15-25(28)21(13-19(20)26(29)30)33-16-18-7-5-4-6-8-18/h4-8,13,15,17H,9-12,14,16H2,1-3H3. The van der Waals surface area contributed by atoms with Crippen molar-refractivity contribution < 1.29 is 23.9 Å². The van der Waals surface area contributed by atoms with Crippen LogP contribution in [0.25, 0.3) is 0 Å². The molecule has 1 aromatic carbocycles. The molecule has 0 saturated carbocycles. The minimum Gasteiger partial charge on any atom is -0.618 e. The molecule has 33 heavy (non-hydrogen) atoms. The molecule has 0 N–H and O–H groups in total. The van der Waals surface area contributed by atoms with Crippen molar-refractivity contribution in [3.63, 3.8) is 0 Å². The Morgan fingerprint density at radius 1 is 1.27 bits per heavy atom. The minimum atomic E-state index is -0.793. The number of hydrogen-bond acceptors (Lipinski definition) is 7. The molecular formula is C23H29N3O6S. The fourth-order valence-electron chi connectivity index (χ4n) is 3.46. The van der Waals surface area contributed by atoms with Crippen molar-refractivity contribution in [2.24, 2.45) is 5.92 Å². The van der Waals surface area contributed by atoms with Crippen molar-refractivity contribution in [3.8, 4) is 0 Å². The number of nitrogens with zero attached hydrogens (tertiary/aromatic N) is 3. The summed E-state index contributed by atoms with van der Waals surface area (Å²) in [4.78, 5) is 25.7. The highest BCUT2D eigenvalue weighted by atomic mass is 32.2. The Balaban J connectivity index is 1.94. The highest BCUT2D eigenvalue weighted by Gasteiger charge is 2.34. The maximum atomic E-state index is 13.0. The highest BCUT2D eigenvalue weighted by Crippen LogP contribution is 2.33. The van der Waals surface area contributed by atoms with Crippen molar-refractivity contribution in [2.45, 2.75) is 50.0 Å². The van der Waals surface area contributed by atoms with Crippen molar-refractivity contribution in [3.05, 3.63) is 63.5 Å². The van der Waals surface area contributed by atoms with Crippen molar-refractivity contribution in [1.82, 2.24) is 0 Å². The molecule has 1 fully saturated rings. The zero-order valence-electron chi connectivity index (χ0n) is 19.1. The third kappa shape index (κ3) is 7.06. The molecule has 178 valence electrons. The van der Waals surface area contributed by atoms with E-state index >= 15 is 0 Å². The number of aromatic nitrogens is 1. The number of carbonyl (C=O) groups excluding carboxylic acids is 1. The zero-order chi connectivity index (χ0) is 24.0. The van der Waals surface area contributed by atoms with Crippen LogP contribution < -0.4 is 9.63 Å². The molecule has 1 aliphatic heterocycles. The van der Waals surface area contributed by atoms with Crippen LogP contribution in [0.1, 0.15) is 39.2 Å². The summed E-state index contributed by atoms with van der Waals surface area (Å²) in [5, 5.41) is 24.9. The second-order valence-corrected chi connectivity index (χ2v) is 9.88. The number of amides is 1. The number of hydrogen-bond donors (Lipinski definition) is 0. The van der Waals surface area contributed by atoms with Crippen LogP contribution in [0.5, 0.6) is 0 Å². The minimum absolute atomic E-state index is 0.0696. The van der Waals surface area contributed by atoms with E-state index in [1.807, 2.05) is 30.3 Å². The second-order valence-electron chi connectivity index (χ2n) is 8.89. The predicted molar refractivity (Wildman–Crippen MR) is 125 cm³/mol. The molecule has 9 nitrogen and oxygen atoms in total. The fourth-order valence-corrected chi connectivity index (χ4v) is 4.34. The van der Waals surface area contributed by atoms with Crippen LogP contribution in [0.3, 0.4) is 0 Å². The zero-order valence-corrected chi connectivity index (χ0v) is 19.9. The van der Waals surface area contributed by atoms with Gasteiger partial charge in [-0.05, 0) is 45.1 Å². The molecule has 3 rings (SSSR count). The van der Waals surface area contributed by atoms with Gasteiger partial charge in [-0.1, -0.05) is 42.1 Å². The topological polar surface area (TPSA) is 109 Å². The van der Waals surface area contributed by atoms with Gasteiger partial charge in [0.25, 0.3) is 5.03 Å². The van der Waals surface area contributed by atoms with Crippen LogP contribution in [-0.2, 0) is 15.2 Å². The Morgan fingerprint density at radius 3 is 2.55 bits per heavy atom. The molecule has 2 heterocycles. The van der Waals surface area contributed by atoms with Crippen LogP contribution in [0.4, 0.5) is 16.2 Å². The van der Waals surface area contributed by atoms with Crippen LogP contribution >= 0.6 is 11.8 Å². The first-order valence-corrected chi connectivity index (χ1v) is 11.8. The van der Waals surface area contributed by atoms with Gasteiger partial charge in [0.1, 0.15) is 5.60 Å². The van der Waals surface area contributed by atoms with Gasteiger partial charge >= 0.3 is 11.8 Å². The fraction of sp³-hybridized carbons (Fsp3) is 0.478. The quantitative estimate of drug-likeness (QED) is 0.188. The molecule has 0 unspecified atom stereocenters. The molecule has 0 radical (unpaired) electrons. The molecule has 1 aliphatic rings. The summed E-state index contributed by atoms with van der Waals surface area (Å²) in [6.07, 6.45) is 1.82. The summed E-state index contributed by atoms with van der Waals surface area (Å²) in [6, 6.07) is 10.7. The molecule has 1 amide bonds. The van der Waals surface area contributed by atoms with Crippen molar-refractivity contribution in [1.29, 1.82) is 0 Å². The SMILES string of the molecule is CC(C)(C)OC(=O)N(CC1CCOCC1)c1c[n+]([O-])c(SCc2ccccc2)cc1[N+](=O)[O-]. The lowest BCUT2D eigenvalue weighted by Crippen LogP contribution is -2.42. The van der Waals surface area contributed by atoms with E-state index in [1.165, 1.54) is 22.7 Å². The van der Waals surface area contributed by atoms with Crippen LogP contribution in [0.15, 0.2) is 47.6 Å². The van der Waals surface area contributed by atoms with E-state index < -0.39 is 16.6 Å². The molecular weight excluding hydrogens is 446 g/mol. The summed E-state index contributed by atoms with van der Waals surface area (Å²) >= 11 is 1.20. The van der Waals surface area contributed by atoms with Crippen LogP contribution in [0.2, 0.25) is 0 Å².